The van der Waals surface area contributed by atoms with Gasteiger partial charge in [0.2, 0.25) is 0 Å². The molecule has 2 unspecified atom stereocenters. The maximum atomic E-state index is 13.2. The van der Waals surface area contributed by atoms with Crippen LogP contribution < -0.4 is 5.32 Å². The second kappa shape index (κ2) is 6.23. The van der Waals surface area contributed by atoms with Crippen molar-refractivity contribution in [1.29, 1.82) is 0 Å². The van der Waals surface area contributed by atoms with Gasteiger partial charge in [0.05, 0.1) is 0 Å². The summed E-state index contributed by atoms with van der Waals surface area (Å²) in [5, 5.41) is 4.26. The second-order valence-electron chi connectivity index (χ2n) is 6.83. The van der Waals surface area contributed by atoms with Crippen LogP contribution in [0.1, 0.15) is 32.3 Å². The molecule has 1 N–H and O–H groups in total. The molecule has 1 saturated heterocycles. The van der Waals surface area contributed by atoms with Crippen molar-refractivity contribution < 1.29 is 4.39 Å². The highest BCUT2D eigenvalue weighted by atomic mass is 35.5. The smallest absolute Gasteiger partial charge is 0.124 e. The number of nitrogens with zero attached hydrogens (tertiary/aromatic N) is 1. The van der Waals surface area contributed by atoms with Crippen LogP contribution in [0.4, 0.5) is 4.39 Å². The number of halogens is 2. The van der Waals surface area contributed by atoms with Crippen molar-refractivity contribution in [3.8, 4) is 0 Å². The van der Waals surface area contributed by atoms with Gasteiger partial charge >= 0.3 is 0 Å². The number of rotatable bonds is 4. The average molecular weight is 311 g/mol. The van der Waals surface area contributed by atoms with E-state index < -0.39 is 0 Å². The Bertz CT molecular complexity index is 502. The molecule has 1 heterocycles. The van der Waals surface area contributed by atoms with Gasteiger partial charge in [0, 0.05) is 36.7 Å². The van der Waals surface area contributed by atoms with Crippen molar-refractivity contribution in [2.75, 3.05) is 13.1 Å². The third-order valence-electron chi connectivity index (χ3n) is 4.84. The van der Waals surface area contributed by atoms with E-state index in [0.29, 0.717) is 23.0 Å². The molecule has 0 amide bonds. The molecule has 1 aliphatic carbocycles. The second-order valence-corrected chi connectivity index (χ2v) is 7.24. The van der Waals surface area contributed by atoms with E-state index >= 15 is 0 Å². The fraction of sp³-hybridized carbons (Fsp3) is 0.647. The van der Waals surface area contributed by atoms with Gasteiger partial charge in [-0.15, -0.1) is 0 Å². The van der Waals surface area contributed by atoms with Gasteiger partial charge in [-0.3, -0.25) is 4.90 Å². The summed E-state index contributed by atoms with van der Waals surface area (Å²) in [6, 6.07) is 5.87. The molecular weight excluding hydrogens is 287 g/mol. The van der Waals surface area contributed by atoms with Gasteiger partial charge < -0.3 is 5.32 Å². The lowest BCUT2D eigenvalue weighted by Crippen LogP contribution is -2.58. The van der Waals surface area contributed by atoms with Crippen LogP contribution in [0.15, 0.2) is 18.2 Å². The number of benzene rings is 1. The molecule has 0 aromatic heterocycles. The Kier molecular flexibility index (Phi) is 4.53. The van der Waals surface area contributed by atoms with E-state index in [-0.39, 0.29) is 5.82 Å². The molecule has 1 aliphatic heterocycles. The molecule has 1 saturated carbocycles. The molecule has 0 spiro atoms. The minimum absolute atomic E-state index is 0.264. The first-order chi connectivity index (χ1) is 10.0. The van der Waals surface area contributed by atoms with Gasteiger partial charge in [0.15, 0.2) is 0 Å². The third kappa shape index (κ3) is 3.58. The Morgan fingerprint density at radius 1 is 1.38 bits per heavy atom. The monoisotopic (exact) mass is 310 g/mol. The zero-order valence-electron chi connectivity index (χ0n) is 12.8. The number of piperazine rings is 1. The van der Waals surface area contributed by atoms with Gasteiger partial charge in [-0.05, 0) is 42.4 Å². The van der Waals surface area contributed by atoms with E-state index in [0.717, 1.165) is 31.1 Å². The van der Waals surface area contributed by atoms with Crippen LogP contribution in [-0.4, -0.2) is 30.1 Å². The fourth-order valence-corrected chi connectivity index (χ4v) is 3.60. The van der Waals surface area contributed by atoms with E-state index in [4.69, 9.17) is 11.6 Å². The molecular formula is C17H24ClFN2. The van der Waals surface area contributed by atoms with E-state index in [2.05, 4.69) is 24.1 Å². The zero-order chi connectivity index (χ0) is 15.0. The Balaban J connectivity index is 1.74. The molecule has 4 heteroatoms. The summed E-state index contributed by atoms with van der Waals surface area (Å²) in [6.07, 6.45) is 2.71. The Hall–Kier alpha value is -0.640. The Morgan fingerprint density at radius 2 is 2.14 bits per heavy atom. The van der Waals surface area contributed by atoms with Gasteiger partial charge in [-0.2, -0.15) is 0 Å². The fourth-order valence-electron chi connectivity index (χ4n) is 3.38. The lowest BCUT2D eigenvalue weighted by Gasteiger charge is -2.42. The minimum atomic E-state index is -0.264. The number of nitrogens with one attached hydrogen (secondary N) is 1. The van der Waals surface area contributed by atoms with E-state index in [1.165, 1.54) is 25.0 Å². The molecule has 0 radical (unpaired) electrons. The molecule has 2 aliphatic rings. The summed E-state index contributed by atoms with van der Waals surface area (Å²) in [6.45, 7) is 7.46. The summed E-state index contributed by atoms with van der Waals surface area (Å²) in [5.74, 6) is 1.18. The van der Waals surface area contributed by atoms with Gasteiger partial charge in [0.1, 0.15) is 5.82 Å². The zero-order valence-corrected chi connectivity index (χ0v) is 13.5. The Morgan fingerprint density at radius 3 is 2.76 bits per heavy atom. The summed E-state index contributed by atoms with van der Waals surface area (Å²) < 4.78 is 13.2. The third-order valence-corrected chi connectivity index (χ3v) is 5.19. The molecule has 116 valence electrons. The first-order valence-electron chi connectivity index (χ1n) is 7.96. The van der Waals surface area contributed by atoms with Crippen molar-refractivity contribution in [3.63, 3.8) is 0 Å². The topological polar surface area (TPSA) is 15.3 Å². The van der Waals surface area contributed by atoms with Crippen LogP contribution in [-0.2, 0) is 6.54 Å². The van der Waals surface area contributed by atoms with Crippen LogP contribution in [0, 0.1) is 17.7 Å². The van der Waals surface area contributed by atoms with Crippen molar-refractivity contribution in [1.82, 2.24) is 10.2 Å². The quantitative estimate of drug-likeness (QED) is 0.912. The highest BCUT2D eigenvalue weighted by molar-refractivity contribution is 6.31. The summed E-state index contributed by atoms with van der Waals surface area (Å²) in [4.78, 5) is 2.53. The largest absolute Gasteiger partial charge is 0.311 e. The van der Waals surface area contributed by atoms with Crippen molar-refractivity contribution in [2.45, 2.75) is 45.3 Å². The van der Waals surface area contributed by atoms with Gasteiger partial charge in [0.25, 0.3) is 0 Å². The molecule has 2 atom stereocenters. The number of hydrogen-bond acceptors (Lipinski definition) is 2. The molecule has 0 bridgehead atoms. The molecule has 1 aromatic carbocycles. The van der Waals surface area contributed by atoms with Gasteiger partial charge in [-0.25, -0.2) is 4.39 Å². The molecule has 3 rings (SSSR count). The molecule has 2 nitrogen and oxygen atoms in total. The van der Waals surface area contributed by atoms with Crippen LogP contribution in [0.3, 0.4) is 0 Å². The van der Waals surface area contributed by atoms with Crippen LogP contribution >= 0.6 is 11.6 Å². The highest BCUT2D eigenvalue weighted by Gasteiger charge is 2.37. The van der Waals surface area contributed by atoms with Crippen molar-refractivity contribution in [2.24, 2.45) is 11.8 Å². The predicted octanol–water partition coefficient (Wildman–Crippen LogP) is 3.69. The lowest BCUT2D eigenvalue weighted by molar-refractivity contribution is 0.0852. The molecule has 21 heavy (non-hydrogen) atoms. The van der Waals surface area contributed by atoms with Crippen LogP contribution in [0.2, 0.25) is 5.02 Å². The van der Waals surface area contributed by atoms with Crippen LogP contribution in [0.25, 0.3) is 0 Å². The van der Waals surface area contributed by atoms with Crippen molar-refractivity contribution in [3.05, 3.63) is 34.6 Å². The number of hydrogen-bond donors (Lipinski definition) is 1. The SMILES string of the molecule is CC(C)C1CNC(C2CC2)CN1Cc1ccc(F)cc1Cl. The predicted molar refractivity (Wildman–Crippen MR) is 85.0 cm³/mol. The van der Waals surface area contributed by atoms with E-state index in [1.54, 1.807) is 0 Å². The summed E-state index contributed by atoms with van der Waals surface area (Å²) >= 11 is 6.21. The van der Waals surface area contributed by atoms with Crippen molar-refractivity contribution >= 4 is 11.6 Å². The maximum absolute atomic E-state index is 13.2. The normalized spacial score (nSPS) is 27.3. The maximum Gasteiger partial charge on any atom is 0.124 e. The molecule has 2 fully saturated rings. The standard InChI is InChI=1S/C17H24ClFN2/c1-11(2)17-8-20-16(12-3-4-12)10-21(17)9-13-5-6-14(19)7-15(13)18/h5-7,11-12,16-17,20H,3-4,8-10H2,1-2H3. The van der Waals surface area contributed by atoms with Gasteiger partial charge in [-0.1, -0.05) is 31.5 Å². The highest BCUT2D eigenvalue weighted by Crippen LogP contribution is 2.35. The first-order valence-corrected chi connectivity index (χ1v) is 8.33. The lowest BCUT2D eigenvalue weighted by atomic mass is 9.96. The summed E-state index contributed by atoms with van der Waals surface area (Å²) in [7, 11) is 0. The van der Waals surface area contributed by atoms with E-state index in [1.807, 2.05) is 6.07 Å². The summed E-state index contributed by atoms with van der Waals surface area (Å²) in [5.41, 5.74) is 1.03. The van der Waals surface area contributed by atoms with Crippen LogP contribution in [0.5, 0.6) is 0 Å². The average Bonchev–Trinajstić information content (AvgIpc) is 3.26. The first kappa shape index (κ1) is 15.3. The Labute approximate surface area is 131 Å². The minimum Gasteiger partial charge on any atom is -0.311 e. The van der Waals surface area contributed by atoms with E-state index in [9.17, 15) is 4.39 Å². The molecule has 1 aromatic rings.